The number of thiophene rings is 1. The van der Waals surface area contributed by atoms with Crippen molar-refractivity contribution >= 4 is 23.3 Å². The normalized spacial score (nSPS) is 11.7. The standard InChI is InChI=1S/C36H48O6S/c1-3-29(2)26-41-35(37)31-16-20-34(21-17-31)42-36(38)32-14-18-33(19-15-32)40-24-13-11-9-7-5-4-6-8-10-12-23-39-27-30-22-25-43-28-30/h14-22,25,28-29H,3-13,23-24,26-27H2,1-2H3. The predicted molar refractivity (Wildman–Crippen MR) is 173 cm³/mol. The molecule has 0 saturated carbocycles. The molecule has 0 amide bonds. The van der Waals surface area contributed by atoms with Gasteiger partial charge in [0, 0.05) is 6.61 Å². The Labute approximate surface area is 261 Å². The van der Waals surface area contributed by atoms with Gasteiger partial charge in [0.1, 0.15) is 11.5 Å². The van der Waals surface area contributed by atoms with E-state index in [0.29, 0.717) is 36.0 Å². The number of carbonyl (C=O) groups is 2. The van der Waals surface area contributed by atoms with E-state index in [4.69, 9.17) is 18.9 Å². The minimum Gasteiger partial charge on any atom is -0.494 e. The fourth-order valence-electron chi connectivity index (χ4n) is 4.41. The summed E-state index contributed by atoms with van der Waals surface area (Å²) >= 11 is 1.72. The molecule has 0 fully saturated rings. The molecule has 1 atom stereocenters. The van der Waals surface area contributed by atoms with E-state index in [9.17, 15) is 9.59 Å². The van der Waals surface area contributed by atoms with Crippen molar-refractivity contribution in [3.05, 3.63) is 82.0 Å². The molecule has 7 heteroatoms. The number of ether oxygens (including phenoxy) is 4. The molecule has 2 aromatic carbocycles. The Kier molecular flexibility index (Phi) is 16.5. The second-order valence-corrected chi connectivity index (χ2v) is 11.9. The molecule has 3 rings (SSSR count). The van der Waals surface area contributed by atoms with Crippen LogP contribution in [0.3, 0.4) is 0 Å². The van der Waals surface area contributed by atoms with Crippen molar-refractivity contribution in [1.82, 2.24) is 0 Å². The molecule has 234 valence electrons. The average molecular weight is 609 g/mol. The van der Waals surface area contributed by atoms with Gasteiger partial charge in [0.25, 0.3) is 0 Å². The molecule has 1 aromatic heterocycles. The van der Waals surface area contributed by atoms with Crippen LogP contribution < -0.4 is 9.47 Å². The molecule has 1 heterocycles. The van der Waals surface area contributed by atoms with Gasteiger partial charge in [-0.25, -0.2) is 9.59 Å². The summed E-state index contributed by atoms with van der Waals surface area (Å²) in [5.41, 5.74) is 2.15. The van der Waals surface area contributed by atoms with Crippen LogP contribution in [-0.2, 0) is 16.1 Å². The summed E-state index contributed by atoms with van der Waals surface area (Å²) in [5, 5.41) is 4.24. The molecule has 0 radical (unpaired) electrons. The molecule has 1 unspecified atom stereocenters. The molecule has 0 aliphatic heterocycles. The average Bonchev–Trinajstić information content (AvgIpc) is 3.56. The molecule has 0 spiro atoms. The summed E-state index contributed by atoms with van der Waals surface area (Å²) in [6, 6.07) is 15.5. The van der Waals surface area contributed by atoms with Gasteiger partial charge in [-0.3, -0.25) is 0 Å². The summed E-state index contributed by atoms with van der Waals surface area (Å²) in [5.74, 6) is 0.596. The van der Waals surface area contributed by atoms with E-state index >= 15 is 0 Å². The number of rotatable bonds is 22. The molecular weight excluding hydrogens is 560 g/mol. The molecule has 3 aromatic rings. The van der Waals surface area contributed by atoms with Crippen LogP contribution in [0.1, 0.15) is 111 Å². The van der Waals surface area contributed by atoms with E-state index in [1.165, 1.54) is 56.9 Å². The zero-order valence-corrected chi connectivity index (χ0v) is 26.7. The zero-order chi connectivity index (χ0) is 30.5. The van der Waals surface area contributed by atoms with Crippen LogP contribution in [0.25, 0.3) is 0 Å². The zero-order valence-electron chi connectivity index (χ0n) is 25.9. The van der Waals surface area contributed by atoms with E-state index in [2.05, 4.69) is 23.8 Å². The molecule has 0 N–H and O–H groups in total. The predicted octanol–water partition coefficient (Wildman–Crippen LogP) is 9.67. The van der Waals surface area contributed by atoms with Crippen molar-refractivity contribution in [1.29, 1.82) is 0 Å². The van der Waals surface area contributed by atoms with Crippen LogP contribution in [-0.4, -0.2) is 31.8 Å². The van der Waals surface area contributed by atoms with Gasteiger partial charge in [0.15, 0.2) is 0 Å². The van der Waals surface area contributed by atoms with Crippen LogP contribution in [0.5, 0.6) is 11.5 Å². The molecule has 0 aliphatic carbocycles. The Morgan fingerprint density at radius 2 is 1.26 bits per heavy atom. The first-order valence-corrected chi connectivity index (χ1v) is 16.8. The quantitative estimate of drug-likeness (QED) is 0.0642. The van der Waals surface area contributed by atoms with Crippen LogP contribution in [0.4, 0.5) is 0 Å². The van der Waals surface area contributed by atoms with Gasteiger partial charge in [-0.05, 0) is 89.7 Å². The Hall–Kier alpha value is -3.16. The summed E-state index contributed by atoms with van der Waals surface area (Å²) in [4.78, 5) is 24.7. The molecule has 0 saturated heterocycles. The number of carbonyl (C=O) groups excluding carboxylic acids is 2. The Bertz CT molecular complexity index is 1160. The highest BCUT2D eigenvalue weighted by atomic mass is 32.1. The third kappa shape index (κ3) is 14.2. The van der Waals surface area contributed by atoms with Crippen LogP contribution in [0, 0.1) is 5.92 Å². The Morgan fingerprint density at radius 3 is 1.84 bits per heavy atom. The van der Waals surface area contributed by atoms with Gasteiger partial charge in [-0.1, -0.05) is 71.6 Å². The Balaban J connectivity index is 1.17. The maximum Gasteiger partial charge on any atom is 0.343 e. The van der Waals surface area contributed by atoms with Gasteiger partial charge < -0.3 is 18.9 Å². The fourth-order valence-corrected chi connectivity index (χ4v) is 5.06. The number of unbranched alkanes of at least 4 members (excludes halogenated alkanes) is 9. The summed E-state index contributed by atoms with van der Waals surface area (Å²) < 4.78 is 22.3. The molecule has 6 nitrogen and oxygen atoms in total. The van der Waals surface area contributed by atoms with Gasteiger partial charge >= 0.3 is 11.9 Å². The summed E-state index contributed by atoms with van der Waals surface area (Å²) in [6.07, 6.45) is 13.3. The van der Waals surface area contributed by atoms with Gasteiger partial charge in [-0.2, -0.15) is 11.3 Å². The first-order chi connectivity index (χ1) is 21.0. The van der Waals surface area contributed by atoms with Crippen molar-refractivity contribution < 1.29 is 28.5 Å². The van der Waals surface area contributed by atoms with Crippen LogP contribution in [0.2, 0.25) is 0 Å². The van der Waals surface area contributed by atoms with E-state index in [1.54, 1.807) is 59.9 Å². The maximum absolute atomic E-state index is 12.5. The van der Waals surface area contributed by atoms with Crippen molar-refractivity contribution in [3.8, 4) is 11.5 Å². The first-order valence-electron chi connectivity index (χ1n) is 15.9. The highest BCUT2D eigenvalue weighted by Crippen LogP contribution is 2.18. The number of benzene rings is 2. The molecule has 0 bridgehead atoms. The summed E-state index contributed by atoms with van der Waals surface area (Å²) in [6.45, 7) is 6.76. The minimum atomic E-state index is -0.461. The molecule has 43 heavy (non-hydrogen) atoms. The van der Waals surface area contributed by atoms with Crippen molar-refractivity contribution in [2.45, 2.75) is 91.1 Å². The number of hydrogen-bond donors (Lipinski definition) is 0. The third-order valence-electron chi connectivity index (χ3n) is 7.39. The lowest BCUT2D eigenvalue weighted by molar-refractivity contribution is 0.0447. The SMILES string of the molecule is CCC(C)COC(=O)c1ccc(OC(=O)c2ccc(OCCCCCCCCCCCCOCc3ccsc3)cc2)cc1. The lowest BCUT2D eigenvalue weighted by Crippen LogP contribution is -2.12. The second kappa shape index (κ2) is 20.7. The van der Waals surface area contributed by atoms with E-state index < -0.39 is 5.97 Å². The lowest BCUT2D eigenvalue weighted by Gasteiger charge is -2.10. The highest BCUT2D eigenvalue weighted by molar-refractivity contribution is 7.07. The molecule has 0 aliphatic rings. The van der Waals surface area contributed by atoms with Gasteiger partial charge in [0.05, 0.1) is 30.9 Å². The topological polar surface area (TPSA) is 71.1 Å². The fraction of sp³-hybridized carbons (Fsp3) is 0.500. The van der Waals surface area contributed by atoms with E-state index in [0.717, 1.165) is 38.2 Å². The van der Waals surface area contributed by atoms with Crippen LogP contribution in [0.15, 0.2) is 65.4 Å². The highest BCUT2D eigenvalue weighted by Gasteiger charge is 2.12. The van der Waals surface area contributed by atoms with Crippen molar-refractivity contribution in [3.63, 3.8) is 0 Å². The minimum absolute atomic E-state index is 0.320. The van der Waals surface area contributed by atoms with E-state index in [1.807, 2.05) is 6.92 Å². The van der Waals surface area contributed by atoms with Crippen LogP contribution >= 0.6 is 11.3 Å². The summed E-state index contributed by atoms with van der Waals surface area (Å²) in [7, 11) is 0. The van der Waals surface area contributed by atoms with Gasteiger partial charge in [0.2, 0.25) is 0 Å². The Morgan fingerprint density at radius 1 is 0.698 bits per heavy atom. The smallest absolute Gasteiger partial charge is 0.343 e. The van der Waals surface area contributed by atoms with Crippen molar-refractivity contribution in [2.24, 2.45) is 5.92 Å². The molecular formula is C36H48O6S. The number of hydrogen-bond acceptors (Lipinski definition) is 7. The maximum atomic E-state index is 12.5. The van der Waals surface area contributed by atoms with Gasteiger partial charge in [-0.15, -0.1) is 0 Å². The number of esters is 2. The monoisotopic (exact) mass is 608 g/mol. The second-order valence-electron chi connectivity index (χ2n) is 11.1. The lowest BCUT2D eigenvalue weighted by atomic mass is 10.1. The first kappa shape index (κ1) is 34.3. The van der Waals surface area contributed by atoms with E-state index in [-0.39, 0.29) is 5.97 Å². The van der Waals surface area contributed by atoms with Crippen molar-refractivity contribution in [2.75, 3.05) is 19.8 Å². The third-order valence-corrected chi connectivity index (χ3v) is 8.12. The largest absolute Gasteiger partial charge is 0.494 e.